The lowest BCUT2D eigenvalue weighted by Crippen LogP contribution is -2.28. The second-order valence-electron chi connectivity index (χ2n) is 14.1. The van der Waals surface area contributed by atoms with Gasteiger partial charge in [-0.25, -0.2) is 15.0 Å². The quantitative estimate of drug-likeness (QED) is 0.163. The molecule has 0 N–H and O–H groups in total. The fraction of sp³-hybridized carbons (Fsp3) is 0.0192. The van der Waals surface area contributed by atoms with E-state index < -0.39 is 5.41 Å². The first-order valence-corrected chi connectivity index (χ1v) is 18.9. The van der Waals surface area contributed by atoms with Gasteiger partial charge >= 0.3 is 0 Å². The summed E-state index contributed by atoms with van der Waals surface area (Å²) in [4.78, 5) is 19.2. The van der Waals surface area contributed by atoms with Crippen LogP contribution in [0, 0.1) is 11.3 Å². The molecule has 5 heteroatoms. The fourth-order valence-electron chi connectivity index (χ4n) is 8.40. The summed E-state index contributed by atoms with van der Waals surface area (Å²) in [7, 11) is 0. The van der Waals surface area contributed by atoms with Crippen molar-refractivity contribution in [2.75, 3.05) is 0 Å². The number of hydrogen-bond donors (Lipinski definition) is 0. The van der Waals surface area contributed by atoms with Crippen molar-refractivity contribution < 1.29 is 0 Å². The molecule has 0 saturated carbocycles. The van der Waals surface area contributed by atoms with Crippen LogP contribution in [0.3, 0.4) is 0 Å². The molecule has 1 aliphatic rings. The maximum atomic E-state index is 9.38. The number of pyridine rings is 1. The summed E-state index contributed by atoms with van der Waals surface area (Å²) < 4.78 is 0. The molecule has 266 valence electrons. The Labute approximate surface area is 331 Å². The molecule has 0 spiro atoms. The van der Waals surface area contributed by atoms with Crippen LogP contribution in [-0.4, -0.2) is 19.9 Å². The van der Waals surface area contributed by atoms with E-state index >= 15 is 0 Å². The molecule has 0 aliphatic heterocycles. The minimum atomic E-state index is -0.502. The molecule has 9 aromatic rings. The Hall–Kier alpha value is -7.81. The average Bonchev–Trinajstić information content (AvgIpc) is 3.61. The van der Waals surface area contributed by atoms with E-state index in [1.54, 1.807) is 12.1 Å². The van der Waals surface area contributed by atoms with E-state index in [2.05, 4.69) is 138 Å². The molecule has 0 fully saturated rings. The Balaban J connectivity index is 1.10. The Morgan fingerprint density at radius 1 is 0.386 bits per heavy atom. The zero-order chi connectivity index (χ0) is 38.2. The van der Waals surface area contributed by atoms with E-state index in [9.17, 15) is 5.26 Å². The van der Waals surface area contributed by atoms with Crippen LogP contribution in [0.2, 0.25) is 0 Å². The van der Waals surface area contributed by atoms with E-state index in [0.29, 0.717) is 23.0 Å². The lowest BCUT2D eigenvalue weighted by Gasteiger charge is -2.33. The smallest absolute Gasteiger partial charge is 0.164 e. The second kappa shape index (κ2) is 14.1. The van der Waals surface area contributed by atoms with E-state index in [1.807, 2.05) is 60.9 Å². The van der Waals surface area contributed by atoms with Crippen molar-refractivity contribution in [2.45, 2.75) is 5.41 Å². The van der Waals surface area contributed by atoms with Crippen molar-refractivity contribution in [3.8, 4) is 73.6 Å². The van der Waals surface area contributed by atoms with Crippen LogP contribution < -0.4 is 0 Å². The maximum Gasteiger partial charge on any atom is 0.164 e. The van der Waals surface area contributed by atoms with Gasteiger partial charge < -0.3 is 0 Å². The number of benzene rings is 7. The highest BCUT2D eigenvalue weighted by molar-refractivity contribution is 5.96. The number of nitriles is 1. The molecular formula is C52H33N5. The molecule has 0 radical (unpaired) electrons. The van der Waals surface area contributed by atoms with Crippen LogP contribution >= 0.6 is 0 Å². The Kier molecular flexibility index (Phi) is 8.35. The standard InChI is InChI=1S/C52H33N5/c53-34-35-24-26-37(27-25-35)50-55-49(36-12-3-1-4-13-36)56-51(57-50)41-17-10-15-39(33-41)38-14-9-16-40(32-38)44-21-11-23-47-48(44)45-20-7-8-22-46(45)52(47,42-18-5-2-6-19-42)43-28-30-54-31-29-43/h1-33H. The lowest BCUT2D eigenvalue weighted by atomic mass is 9.68. The number of hydrogen-bond acceptors (Lipinski definition) is 5. The van der Waals surface area contributed by atoms with Gasteiger partial charge in [0.25, 0.3) is 0 Å². The molecule has 1 aliphatic carbocycles. The molecule has 2 heterocycles. The van der Waals surface area contributed by atoms with Crippen molar-refractivity contribution in [3.63, 3.8) is 0 Å². The number of aromatic nitrogens is 4. The van der Waals surface area contributed by atoms with Crippen LogP contribution in [0.1, 0.15) is 27.8 Å². The molecule has 57 heavy (non-hydrogen) atoms. The monoisotopic (exact) mass is 727 g/mol. The molecule has 0 amide bonds. The fourth-order valence-corrected chi connectivity index (χ4v) is 8.40. The maximum absolute atomic E-state index is 9.38. The zero-order valence-corrected chi connectivity index (χ0v) is 30.8. The average molecular weight is 728 g/mol. The summed E-state index contributed by atoms with van der Waals surface area (Å²) in [6, 6.07) is 67.4. The van der Waals surface area contributed by atoms with Crippen LogP contribution in [-0.2, 0) is 5.41 Å². The molecule has 7 aromatic carbocycles. The highest BCUT2D eigenvalue weighted by Gasteiger charge is 2.46. The molecule has 1 atom stereocenters. The molecule has 0 bridgehead atoms. The van der Waals surface area contributed by atoms with E-state index in [0.717, 1.165) is 33.4 Å². The van der Waals surface area contributed by atoms with Crippen LogP contribution in [0.15, 0.2) is 200 Å². The van der Waals surface area contributed by atoms with Gasteiger partial charge in [0.2, 0.25) is 0 Å². The summed E-state index contributed by atoms with van der Waals surface area (Å²) >= 11 is 0. The summed E-state index contributed by atoms with van der Waals surface area (Å²) in [5, 5.41) is 9.38. The van der Waals surface area contributed by atoms with Gasteiger partial charge in [0, 0.05) is 29.1 Å². The third kappa shape index (κ3) is 5.80. The third-order valence-electron chi connectivity index (χ3n) is 11.0. The van der Waals surface area contributed by atoms with Gasteiger partial charge in [0.05, 0.1) is 17.0 Å². The van der Waals surface area contributed by atoms with Gasteiger partial charge in [-0.15, -0.1) is 0 Å². The highest BCUT2D eigenvalue weighted by atomic mass is 15.0. The van der Waals surface area contributed by atoms with Crippen LogP contribution in [0.5, 0.6) is 0 Å². The van der Waals surface area contributed by atoms with Crippen LogP contribution in [0.25, 0.3) is 67.5 Å². The van der Waals surface area contributed by atoms with Gasteiger partial charge in [-0.3, -0.25) is 4.98 Å². The van der Waals surface area contributed by atoms with Crippen LogP contribution in [0.4, 0.5) is 0 Å². The van der Waals surface area contributed by atoms with E-state index in [1.165, 1.54) is 38.9 Å². The number of fused-ring (bicyclic) bond motifs is 3. The predicted molar refractivity (Wildman–Crippen MR) is 227 cm³/mol. The van der Waals surface area contributed by atoms with Gasteiger partial charge in [-0.1, -0.05) is 140 Å². The topological polar surface area (TPSA) is 75.3 Å². The van der Waals surface area contributed by atoms with Crippen molar-refractivity contribution in [1.29, 1.82) is 5.26 Å². The zero-order valence-electron chi connectivity index (χ0n) is 30.8. The highest BCUT2D eigenvalue weighted by Crippen LogP contribution is 2.58. The SMILES string of the molecule is N#Cc1ccc(-c2nc(-c3ccccc3)nc(-c3cccc(-c4cccc(-c5cccc6c5-c5ccccc5C6(c5ccccc5)c5ccncc5)c4)c3)n2)cc1. The third-order valence-corrected chi connectivity index (χ3v) is 11.0. The van der Waals surface area contributed by atoms with Crippen molar-refractivity contribution in [1.82, 2.24) is 19.9 Å². The summed E-state index contributed by atoms with van der Waals surface area (Å²) in [6.45, 7) is 0. The minimum absolute atomic E-state index is 0.502. The second-order valence-corrected chi connectivity index (χ2v) is 14.1. The number of nitrogens with zero attached hydrogens (tertiary/aromatic N) is 5. The van der Waals surface area contributed by atoms with E-state index in [-0.39, 0.29) is 0 Å². The summed E-state index contributed by atoms with van der Waals surface area (Å²) in [5.74, 6) is 1.71. The van der Waals surface area contributed by atoms with Gasteiger partial charge in [0.15, 0.2) is 17.5 Å². The largest absolute Gasteiger partial charge is 0.265 e. The van der Waals surface area contributed by atoms with Gasteiger partial charge in [-0.05, 0) is 104 Å². The van der Waals surface area contributed by atoms with Crippen molar-refractivity contribution in [2.24, 2.45) is 0 Å². The Morgan fingerprint density at radius 3 is 1.58 bits per heavy atom. The minimum Gasteiger partial charge on any atom is -0.265 e. The van der Waals surface area contributed by atoms with Gasteiger partial charge in [-0.2, -0.15) is 5.26 Å². The van der Waals surface area contributed by atoms with E-state index in [4.69, 9.17) is 15.0 Å². The molecule has 10 rings (SSSR count). The van der Waals surface area contributed by atoms with Crippen molar-refractivity contribution >= 4 is 0 Å². The Morgan fingerprint density at radius 2 is 0.877 bits per heavy atom. The first-order valence-electron chi connectivity index (χ1n) is 18.9. The summed E-state index contributed by atoms with van der Waals surface area (Å²) in [6.07, 6.45) is 3.80. The first kappa shape index (κ1) is 33.7. The Bertz CT molecular complexity index is 2910. The predicted octanol–water partition coefficient (Wildman–Crippen LogP) is 11.8. The molecule has 2 aromatic heterocycles. The first-order chi connectivity index (χ1) is 28.2. The lowest BCUT2D eigenvalue weighted by molar-refractivity contribution is 0.766. The molecule has 1 unspecified atom stereocenters. The normalized spacial score (nSPS) is 14.0. The van der Waals surface area contributed by atoms with Crippen molar-refractivity contribution in [3.05, 3.63) is 228 Å². The van der Waals surface area contributed by atoms with Gasteiger partial charge in [0.1, 0.15) is 0 Å². The summed E-state index contributed by atoms with van der Waals surface area (Å²) in [5.41, 5.74) is 14.6. The molecule has 5 nitrogen and oxygen atoms in total. The molecule has 0 saturated heterocycles. The number of rotatable bonds is 7. The molecular weight excluding hydrogens is 695 g/mol.